The van der Waals surface area contributed by atoms with Gasteiger partial charge >= 0.3 is 7.60 Å². The Kier molecular flexibility index (Phi) is 6.25. The van der Waals surface area contributed by atoms with Crippen LogP contribution in [0.4, 0.5) is 0 Å². The Morgan fingerprint density at radius 1 is 1.29 bits per heavy atom. The third-order valence-electron chi connectivity index (χ3n) is 2.31. The molecule has 14 heavy (non-hydrogen) atoms. The summed E-state index contributed by atoms with van der Waals surface area (Å²) in [5.41, 5.74) is 0. The van der Waals surface area contributed by atoms with E-state index in [1.807, 2.05) is 13.8 Å². The molecule has 0 saturated heterocycles. The van der Waals surface area contributed by atoms with Crippen molar-refractivity contribution in [1.82, 2.24) is 0 Å². The molecular weight excluding hydrogens is 203 g/mol. The molecule has 0 atom stereocenters. The van der Waals surface area contributed by atoms with Crippen LogP contribution in [-0.4, -0.2) is 21.7 Å². The van der Waals surface area contributed by atoms with E-state index in [9.17, 15) is 9.36 Å². The van der Waals surface area contributed by atoms with Gasteiger partial charge in [0.1, 0.15) is 5.78 Å². The van der Waals surface area contributed by atoms with E-state index in [1.165, 1.54) is 0 Å². The molecule has 0 aromatic heterocycles. The number of carbonyl (C=O) groups excluding carboxylic acids is 1. The number of ketones is 1. The van der Waals surface area contributed by atoms with Crippen LogP contribution in [0.1, 0.15) is 39.5 Å². The van der Waals surface area contributed by atoms with Gasteiger partial charge in [-0.25, -0.2) is 0 Å². The van der Waals surface area contributed by atoms with Crippen LogP contribution in [0, 0.1) is 5.92 Å². The van der Waals surface area contributed by atoms with Crippen molar-refractivity contribution in [3.05, 3.63) is 0 Å². The molecule has 5 heteroatoms. The Balaban J connectivity index is 3.79. The van der Waals surface area contributed by atoms with E-state index in [2.05, 4.69) is 0 Å². The van der Waals surface area contributed by atoms with Crippen LogP contribution >= 0.6 is 7.60 Å². The second-order valence-corrected chi connectivity index (χ2v) is 5.25. The van der Waals surface area contributed by atoms with Gasteiger partial charge in [-0.2, -0.15) is 0 Å². The molecule has 2 N–H and O–H groups in total. The smallest absolute Gasteiger partial charge is 0.324 e. The highest BCUT2D eigenvalue weighted by Gasteiger charge is 2.17. The van der Waals surface area contributed by atoms with E-state index in [1.54, 1.807) is 0 Å². The zero-order valence-electron chi connectivity index (χ0n) is 8.77. The third-order valence-corrected chi connectivity index (χ3v) is 3.21. The third kappa shape index (κ3) is 6.30. The van der Waals surface area contributed by atoms with Gasteiger partial charge in [-0.3, -0.25) is 9.36 Å². The molecular formula is C9H19O4P. The minimum absolute atomic E-state index is 0.0618. The second-order valence-electron chi connectivity index (χ2n) is 3.47. The normalized spacial score (nSPS) is 12.1. The topological polar surface area (TPSA) is 74.6 Å². The monoisotopic (exact) mass is 222 g/mol. The molecule has 0 aliphatic heterocycles. The standard InChI is InChI=1S/C9H19O4P/c1-3-8(4-2)9(10)6-5-7-14(11,12)13/h8H,3-7H2,1-2H3,(H2,11,12,13). The van der Waals surface area contributed by atoms with E-state index in [0.717, 1.165) is 12.8 Å². The Morgan fingerprint density at radius 2 is 1.79 bits per heavy atom. The van der Waals surface area contributed by atoms with E-state index in [4.69, 9.17) is 9.79 Å². The number of hydrogen-bond acceptors (Lipinski definition) is 2. The summed E-state index contributed by atoms with van der Waals surface area (Å²) in [6.45, 7) is 3.91. The molecule has 0 spiro atoms. The lowest BCUT2D eigenvalue weighted by molar-refractivity contribution is -0.123. The molecule has 0 aliphatic carbocycles. The summed E-state index contributed by atoms with van der Waals surface area (Å²) in [6.07, 6.45) is 2.02. The quantitative estimate of drug-likeness (QED) is 0.645. The van der Waals surface area contributed by atoms with Crippen LogP contribution in [0.2, 0.25) is 0 Å². The van der Waals surface area contributed by atoms with Crippen LogP contribution in [0.25, 0.3) is 0 Å². The highest BCUT2D eigenvalue weighted by atomic mass is 31.2. The van der Waals surface area contributed by atoms with Gasteiger partial charge in [0.15, 0.2) is 0 Å². The fraction of sp³-hybridized carbons (Fsp3) is 0.889. The summed E-state index contributed by atoms with van der Waals surface area (Å²) in [4.78, 5) is 28.6. The molecule has 0 heterocycles. The van der Waals surface area contributed by atoms with Crippen molar-refractivity contribution >= 4 is 13.4 Å². The highest BCUT2D eigenvalue weighted by Crippen LogP contribution is 2.35. The van der Waals surface area contributed by atoms with Crippen molar-refractivity contribution in [3.8, 4) is 0 Å². The predicted molar refractivity (Wildman–Crippen MR) is 55.2 cm³/mol. The van der Waals surface area contributed by atoms with E-state index in [-0.39, 0.29) is 24.3 Å². The Hall–Kier alpha value is -0.180. The van der Waals surface area contributed by atoms with Gasteiger partial charge < -0.3 is 9.79 Å². The zero-order valence-corrected chi connectivity index (χ0v) is 9.67. The fourth-order valence-corrected chi connectivity index (χ4v) is 1.98. The van der Waals surface area contributed by atoms with Gasteiger partial charge in [-0.15, -0.1) is 0 Å². The van der Waals surface area contributed by atoms with Gasteiger partial charge in [0, 0.05) is 12.3 Å². The summed E-state index contributed by atoms with van der Waals surface area (Å²) < 4.78 is 10.5. The first-order chi connectivity index (χ1) is 6.40. The Labute approximate surface area is 84.9 Å². The van der Waals surface area contributed by atoms with Crippen molar-refractivity contribution in [1.29, 1.82) is 0 Å². The van der Waals surface area contributed by atoms with Crippen LogP contribution < -0.4 is 0 Å². The fourth-order valence-electron chi connectivity index (χ4n) is 1.41. The molecule has 0 unspecified atom stereocenters. The predicted octanol–water partition coefficient (Wildman–Crippen LogP) is 1.95. The molecule has 0 fully saturated rings. The molecule has 0 radical (unpaired) electrons. The van der Waals surface area contributed by atoms with Crippen LogP contribution in [0.5, 0.6) is 0 Å². The summed E-state index contributed by atoms with van der Waals surface area (Å²) in [5, 5.41) is 0. The van der Waals surface area contributed by atoms with E-state index < -0.39 is 7.60 Å². The largest absolute Gasteiger partial charge is 0.325 e. The molecule has 0 aromatic carbocycles. The Morgan fingerprint density at radius 3 is 2.14 bits per heavy atom. The summed E-state index contributed by atoms with van der Waals surface area (Å²) in [5.74, 6) is 0.190. The number of rotatable bonds is 7. The van der Waals surface area contributed by atoms with Crippen molar-refractivity contribution < 1.29 is 19.1 Å². The maximum Gasteiger partial charge on any atom is 0.325 e. The first-order valence-corrected chi connectivity index (χ1v) is 6.77. The van der Waals surface area contributed by atoms with Gasteiger partial charge in [-0.1, -0.05) is 13.8 Å². The maximum atomic E-state index is 11.4. The maximum absolute atomic E-state index is 11.4. The van der Waals surface area contributed by atoms with Gasteiger partial charge in [0.25, 0.3) is 0 Å². The minimum Gasteiger partial charge on any atom is -0.324 e. The molecule has 4 nitrogen and oxygen atoms in total. The first-order valence-electron chi connectivity index (χ1n) is 4.98. The summed E-state index contributed by atoms with van der Waals surface area (Å²) in [7, 11) is -3.92. The van der Waals surface area contributed by atoms with Gasteiger partial charge in [0.05, 0.1) is 6.16 Å². The lowest BCUT2D eigenvalue weighted by Gasteiger charge is -2.10. The average molecular weight is 222 g/mol. The van der Waals surface area contributed by atoms with Crippen molar-refractivity contribution in [2.24, 2.45) is 5.92 Å². The van der Waals surface area contributed by atoms with E-state index >= 15 is 0 Å². The van der Waals surface area contributed by atoms with Crippen molar-refractivity contribution in [2.45, 2.75) is 39.5 Å². The lowest BCUT2D eigenvalue weighted by Crippen LogP contribution is -2.12. The molecule has 0 aromatic rings. The summed E-state index contributed by atoms with van der Waals surface area (Å²) >= 11 is 0. The van der Waals surface area contributed by atoms with Gasteiger partial charge in [0.2, 0.25) is 0 Å². The lowest BCUT2D eigenvalue weighted by atomic mass is 9.95. The van der Waals surface area contributed by atoms with E-state index in [0.29, 0.717) is 6.42 Å². The van der Waals surface area contributed by atoms with Gasteiger partial charge in [-0.05, 0) is 19.3 Å². The van der Waals surface area contributed by atoms with Crippen LogP contribution in [0.3, 0.4) is 0 Å². The zero-order chi connectivity index (χ0) is 11.2. The average Bonchev–Trinajstić information content (AvgIpc) is 2.04. The molecule has 0 saturated carbocycles. The molecule has 0 rings (SSSR count). The molecule has 0 aliphatic rings. The Bertz CT molecular complexity index is 217. The highest BCUT2D eigenvalue weighted by molar-refractivity contribution is 7.51. The molecule has 84 valence electrons. The minimum atomic E-state index is -3.92. The van der Waals surface area contributed by atoms with Crippen molar-refractivity contribution in [3.63, 3.8) is 0 Å². The SMILES string of the molecule is CCC(CC)C(=O)CCCP(=O)(O)O. The number of hydrogen-bond donors (Lipinski definition) is 2. The van der Waals surface area contributed by atoms with Crippen molar-refractivity contribution in [2.75, 3.05) is 6.16 Å². The van der Waals surface area contributed by atoms with Crippen LogP contribution in [0.15, 0.2) is 0 Å². The first kappa shape index (κ1) is 13.8. The number of carbonyl (C=O) groups is 1. The van der Waals surface area contributed by atoms with Crippen LogP contribution in [-0.2, 0) is 9.36 Å². The molecule has 0 bridgehead atoms. The second kappa shape index (κ2) is 6.33. The molecule has 0 amide bonds. The summed E-state index contributed by atoms with van der Waals surface area (Å²) in [6, 6.07) is 0. The number of Topliss-reactive ketones (excluding diaryl/α,β-unsaturated/α-hetero) is 1.